The molecule has 0 amide bonds. The van der Waals surface area contributed by atoms with Crippen LogP contribution in [0.2, 0.25) is 0 Å². The first-order chi connectivity index (χ1) is 27.3. The molecular weight excluding hydrogens is 677 g/mol. The van der Waals surface area contributed by atoms with Gasteiger partial charge in [-0.3, -0.25) is 0 Å². The molecule has 8 aromatic carbocycles. The van der Waals surface area contributed by atoms with Gasteiger partial charge in [0.25, 0.3) is 0 Å². The summed E-state index contributed by atoms with van der Waals surface area (Å²) in [5.74, 6) is 0. The van der Waals surface area contributed by atoms with Crippen LogP contribution < -0.4 is 4.90 Å². The Morgan fingerprint density at radius 2 is 0.929 bits per heavy atom. The molecule has 0 radical (unpaired) electrons. The third kappa shape index (κ3) is 4.69. The van der Waals surface area contributed by atoms with E-state index in [1.54, 1.807) is 0 Å². The van der Waals surface area contributed by atoms with E-state index in [0.717, 1.165) is 17.1 Å². The Labute approximate surface area is 328 Å². The molecule has 2 aliphatic rings. The molecule has 0 atom stereocenters. The van der Waals surface area contributed by atoms with Gasteiger partial charge in [-0.2, -0.15) is 0 Å². The highest BCUT2D eigenvalue weighted by molar-refractivity contribution is 6.10. The fraction of sp³-hybridized carbons (Fsp3) is 0.111. The van der Waals surface area contributed by atoms with Crippen molar-refractivity contribution < 1.29 is 0 Å². The first-order valence-corrected chi connectivity index (χ1v) is 19.8. The van der Waals surface area contributed by atoms with E-state index in [9.17, 15) is 0 Å². The summed E-state index contributed by atoms with van der Waals surface area (Å²) in [6.07, 6.45) is 0. The van der Waals surface area contributed by atoms with Crippen molar-refractivity contribution in [2.75, 3.05) is 4.90 Å². The molecule has 0 aliphatic heterocycles. The van der Waals surface area contributed by atoms with Crippen LogP contribution in [0.3, 0.4) is 0 Å². The number of aromatic nitrogens is 1. The smallest absolute Gasteiger partial charge is 0.0547 e. The number of benzene rings is 8. The number of fused-ring (bicyclic) bond motifs is 9. The number of rotatable bonds is 5. The predicted octanol–water partition coefficient (Wildman–Crippen LogP) is 14.5. The lowest BCUT2D eigenvalue weighted by atomic mass is 9.82. The molecule has 2 heteroatoms. The van der Waals surface area contributed by atoms with Gasteiger partial charge >= 0.3 is 0 Å². The summed E-state index contributed by atoms with van der Waals surface area (Å²) in [7, 11) is 0. The van der Waals surface area contributed by atoms with Gasteiger partial charge in [0.15, 0.2) is 0 Å². The van der Waals surface area contributed by atoms with E-state index >= 15 is 0 Å². The largest absolute Gasteiger partial charge is 0.310 e. The van der Waals surface area contributed by atoms with Crippen LogP contribution in [0.25, 0.3) is 60.9 Å². The van der Waals surface area contributed by atoms with Gasteiger partial charge in [0, 0.05) is 44.4 Å². The van der Waals surface area contributed by atoms with E-state index in [0.29, 0.717) is 0 Å². The van der Waals surface area contributed by atoms with Crippen LogP contribution >= 0.6 is 0 Å². The van der Waals surface area contributed by atoms with Crippen molar-refractivity contribution in [1.82, 2.24) is 4.57 Å². The molecule has 0 N–H and O–H groups in total. The summed E-state index contributed by atoms with van der Waals surface area (Å²) in [4.78, 5) is 2.47. The normalized spacial score (nSPS) is 14.4. The van der Waals surface area contributed by atoms with Crippen molar-refractivity contribution in [1.29, 1.82) is 0 Å². The monoisotopic (exact) mass is 718 g/mol. The lowest BCUT2D eigenvalue weighted by Gasteiger charge is -2.29. The van der Waals surface area contributed by atoms with Gasteiger partial charge in [-0.15, -0.1) is 0 Å². The molecule has 0 unspecified atom stereocenters. The van der Waals surface area contributed by atoms with Crippen LogP contribution in [-0.2, 0) is 10.8 Å². The summed E-state index contributed by atoms with van der Waals surface area (Å²) in [6, 6.07) is 67.6. The molecule has 0 bridgehead atoms. The second-order valence-corrected chi connectivity index (χ2v) is 16.6. The summed E-state index contributed by atoms with van der Waals surface area (Å²) in [5, 5.41) is 2.52. The maximum atomic E-state index is 2.47. The Balaban J connectivity index is 1.10. The fourth-order valence-corrected chi connectivity index (χ4v) is 9.96. The van der Waals surface area contributed by atoms with E-state index in [-0.39, 0.29) is 10.8 Å². The van der Waals surface area contributed by atoms with Gasteiger partial charge in [-0.25, -0.2) is 0 Å². The fourth-order valence-electron chi connectivity index (χ4n) is 9.96. The molecule has 1 aromatic heterocycles. The van der Waals surface area contributed by atoms with E-state index in [2.05, 4.69) is 219 Å². The average Bonchev–Trinajstić information content (AvgIpc) is 3.78. The molecule has 0 saturated carbocycles. The molecule has 0 saturated heterocycles. The molecule has 0 fully saturated rings. The Morgan fingerprint density at radius 1 is 0.357 bits per heavy atom. The number of nitrogens with zero attached hydrogens (tertiary/aromatic N) is 2. The summed E-state index contributed by atoms with van der Waals surface area (Å²) in [5.41, 5.74) is 20.1. The number of hydrogen-bond donors (Lipinski definition) is 0. The highest BCUT2D eigenvalue weighted by atomic mass is 15.1. The van der Waals surface area contributed by atoms with Crippen molar-refractivity contribution in [2.45, 2.75) is 38.5 Å². The van der Waals surface area contributed by atoms with E-state index in [1.807, 2.05) is 0 Å². The topological polar surface area (TPSA) is 8.17 Å². The zero-order valence-electron chi connectivity index (χ0n) is 32.2. The van der Waals surface area contributed by atoms with Gasteiger partial charge in [0.1, 0.15) is 0 Å². The van der Waals surface area contributed by atoms with Crippen molar-refractivity contribution in [3.8, 4) is 39.1 Å². The SMILES string of the molecule is CC1(C)c2ccccc2-c2cc(N(c3cccc(-c4ccc5c6ccccc6n(-c6ccccc6)c5c4)c3)c3ccc4c(c3)C(C)(C)c3ccccc3-4)ccc21. The van der Waals surface area contributed by atoms with Crippen molar-refractivity contribution in [2.24, 2.45) is 0 Å². The first-order valence-electron chi connectivity index (χ1n) is 19.8. The van der Waals surface area contributed by atoms with E-state index in [4.69, 9.17) is 0 Å². The lowest BCUT2D eigenvalue weighted by molar-refractivity contribution is 0.660. The third-order valence-corrected chi connectivity index (χ3v) is 12.8. The van der Waals surface area contributed by atoms with Crippen LogP contribution in [0.15, 0.2) is 182 Å². The molecule has 2 aliphatic carbocycles. The maximum Gasteiger partial charge on any atom is 0.0547 e. The highest BCUT2D eigenvalue weighted by Crippen LogP contribution is 2.53. The zero-order chi connectivity index (χ0) is 37.8. The Bertz CT molecular complexity index is 3030. The average molecular weight is 719 g/mol. The van der Waals surface area contributed by atoms with Gasteiger partial charge in [0.05, 0.1) is 11.0 Å². The minimum absolute atomic E-state index is 0.0561. The second-order valence-electron chi connectivity index (χ2n) is 16.6. The Morgan fingerprint density at radius 3 is 1.73 bits per heavy atom. The zero-order valence-corrected chi connectivity index (χ0v) is 32.2. The highest BCUT2D eigenvalue weighted by Gasteiger charge is 2.37. The number of para-hydroxylation sites is 2. The van der Waals surface area contributed by atoms with E-state index < -0.39 is 0 Å². The molecule has 56 heavy (non-hydrogen) atoms. The van der Waals surface area contributed by atoms with Crippen LogP contribution in [0.1, 0.15) is 49.9 Å². The predicted molar refractivity (Wildman–Crippen MR) is 236 cm³/mol. The number of hydrogen-bond acceptors (Lipinski definition) is 1. The van der Waals surface area contributed by atoms with Crippen LogP contribution in [-0.4, -0.2) is 4.57 Å². The Kier molecular flexibility index (Phi) is 6.98. The molecule has 11 rings (SSSR count). The third-order valence-electron chi connectivity index (χ3n) is 12.8. The van der Waals surface area contributed by atoms with Crippen LogP contribution in [0.5, 0.6) is 0 Å². The molecule has 1 heterocycles. The lowest BCUT2D eigenvalue weighted by Crippen LogP contribution is -2.17. The minimum Gasteiger partial charge on any atom is -0.310 e. The Hall–Kier alpha value is -6.64. The van der Waals surface area contributed by atoms with Gasteiger partial charge < -0.3 is 9.47 Å². The quantitative estimate of drug-likeness (QED) is 0.172. The second kappa shape index (κ2) is 11.9. The van der Waals surface area contributed by atoms with E-state index in [1.165, 1.54) is 83.1 Å². The molecule has 2 nitrogen and oxygen atoms in total. The maximum absolute atomic E-state index is 2.47. The molecule has 0 spiro atoms. The number of anilines is 3. The van der Waals surface area contributed by atoms with Gasteiger partial charge in [-0.05, 0) is 116 Å². The molecule has 9 aromatic rings. The van der Waals surface area contributed by atoms with Crippen LogP contribution in [0.4, 0.5) is 17.1 Å². The van der Waals surface area contributed by atoms with Crippen molar-refractivity contribution >= 4 is 38.9 Å². The van der Waals surface area contributed by atoms with Gasteiger partial charge in [-0.1, -0.05) is 149 Å². The van der Waals surface area contributed by atoms with Crippen molar-refractivity contribution in [3.05, 3.63) is 204 Å². The standard InChI is InChI=1S/C54H42N2/c1-53(2)48-23-12-9-20-42(48)46-33-39(27-30-49(46)53)55(40-26-29-43-41-19-8-11-22-47(41)54(3,4)50(43)34-40)38-18-14-15-35(31-38)36-25-28-45-44-21-10-13-24-51(44)56(52(45)32-36)37-16-6-5-7-17-37/h5-34H,1-4H3. The molecule has 268 valence electrons. The van der Waals surface area contributed by atoms with Gasteiger partial charge in [0.2, 0.25) is 0 Å². The minimum atomic E-state index is -0.108. The summed E-state index contributed by atoms with van der Waals surface area (Å²) in [6.45, 7) is 9.44. The summed E-state index contributed by atoms with van der Waals surface area (Å²) >= 11 is 0. The molecular formula is C54H42N2. The van der Waals surface area contributed by atoms with Crippen LogP contribution in [0, 0.1) is 0 Å². The summed E-state index contributed by atoms with van der Waals surface area (Å²) < 4.78 is 2.40. The van der Waals surface area contributed by atoms with Crippen molar-refractivity contribution in [3.63, 3.8) is 0 Å². The first kappa shape index (κ1) is 32.8.